The average Bonchev–Trinajstić information content (AvgIpc) is 2.47. The zero-order valence-electron chi connectivity index (χ0n) is 12.4. The van der Waals surface area contributed by atoms with Crippen LogP contribution in [0.5, 0.6) is 0 Å². The van der Waals surface area contributed by atoms with Gasteiger partial charge >= 0.3 is 0 Å². The average molecular weight is 273 g/mol. The van der Waals surface area contributed by atoms with Gasteiger partial charge < -0.3 is 10.2 Å². The molecule has 0 radical (unpaired) electrons. The van der Waals surface area contributed by atoms with Gasteiger partial charge in [0.2, 0.25) is 5.91 Å². The Hall–Kier alpha value is -1.86. The van der Waals surface area contributed by atoms with E-state index in [0.717, 1.165) is 38.2 Å². The minimum Gasteiger partial charge on any atom is -0.326 e. The summed E-state index contributed by atoms with van der Waals surface area (Å²) in [7, 11) is 0. The van der Waals surface area contributed by atoms with Crippen LogP contribution in [0, 0.1) is 11.3 Å². The fourth-order valence-electron chi connectivity index (χ4n) is 2.06. The number of nitriles is 1. The lowest BCUT2D eigenvalue weighted by Gasteiger charge is -2.18. The van der Waals surface area contributed by atoms with E-state index >= 15 is 0 Å². The van der Waals surface area contributed by atoms with E-state index < -0.39 is 0 Å². The molecular formula is C16H23N3O. The summed E-state index contributed by atoms with van der Waals surface area (Å²) in [6, 6.07) is 8.97. The molecule has 0 aliphatic carbocycles. The fraction of sp³-hybridized carbons (Fsp3) is 0.500. The molecule has 1 rings (SSSR count). The molecule has 0 aliphatic rings. The lowest BCUT2D eigenvalue weighted by molar-refractivity contribution is -0.116. The van der Waals surface area contributed by atoms with Crippen LogP contribution < -0.4 is 5.32 Å². The number of hydrogen-bond acceptors (Lipinski definition) is 3. The van der Waals surface area contributed by atoms with Crippen molar-refractivity contribution in [1.29, 1.82) is 5.26 Å². The lowest BCUT2D eigenvalue weighted by atomic mass is 10.2. The molecule has 0 saturated heterocycles. The van der Waals surface area contributed by atoms with Crippen LogP contribution in [0.1, 0.15) is 38.7 Å². The third-order valence-electron chi connectivity index (χ3n) is 3.16. The quantitative estimate of drug-likeness (QED) is 0.792. The Balaban J connectivity index is 2.31. The van der Waals surface area contributed by atoms with E-state index in [4.69, 9.17) is 5.26 Å². The van der Waals surface area contributed by atoms with Gasteiger partial charge in [0.1, 0.15) is 0 Å². The van der Waals surface area contributed by atoms with E-state index in [0.29, 0.717) is 12.0 Å². The maximum absolute atomic E-state index is 11.8. The van der Waals surface area contributed by atoms with Crippen molar-refractivity contribution in [2.24, 2.45) is 0 Å². The maximum Gasteiger partial charge on any atom is 0.224 e. The zero-order valence-corrected chi connectivity index (χ0v) is 12.4. The number of carbonyl (C=O) groups excluding carboxylic acids is 1. The minimum absolute atomic E-state index is 0.0299. The highest BCUT2D eigenvalue weighted by Gasteiger charge is 2.05. The Kier molecular flexibility index (Phi) is 7.38. The van der Waals surface area contributed by atoms with Gasteiger partial charge in [-0.1, -0.05) is 13.8 Å². The first-order valence-electron chi connectivity index (χ1n) is 7.22. The molecule has 0 unspecified atom stereocenters. The zero-order chi connectivity index (χ0) is 14.8. The molecule has 0 bridgehead atoms. The molecule has 1 amide bonds. The monoisotopic (exact) mass is 273 g/mol. The van der Waals surface area contributed by atoms with Gasteiger partial charge in [0.15, 0.2) is 0 Å². The van der Waals surface area contributed by atoms with Gasteiger partial charge in [-0.05, 0) is 56.7 Å². The second-order valence-electron chi connectivity index (χ2n) is 4.78. The van der Waals surface area contributed by atoms with Crippen molar-refractivity contribution < 1.29 is 4.79 Å². The van der Waals surface area contributed by atoms with E-state index in [-0.39, 0.29) is 5.91 Å². The van der Waals surface area contributed by atoms with E-state index in [1.54, 1.807) is 24.3 Å². The summed E-state index contributed by atoms with van der Waals surface area (Å²) < 4.78 is 0. The van der Waals surface area contributed by atoms with Crippen LogP contribution in [-0.4, -0.2) is 30.4 Å². The molecule has 0 heterocycles. The Morgan fingerprint density at radius 1 is 1.25 bits per heavy atom. The summed E-state index contributed by atoms with van der Waals surface area (Å²) >= 11 is 0. The topological polar surface area (TPSA) is 56.1 Å². The van der Waals surface area contributed by atoms with Gasteiger partial charge in [0.05, 0.1) is 11.6 Å². The first-order valence-corrected chi connectivity index (χ1v) is 7.22. The molecule has 0 spiro atoms. The van der Waals surface area contributed by atoms with Crippen LogP contribution in [0.2, 0.25) is 0 Å². The standard InChI is InChI=1S/C16H23N3O/c1-3-11-19(4-2)12-5-6-16(20)18-15-9-7-14(13-17)8-10-15/h7-10H,3-6,11-12H2,1-2H3,(H,18,20). The summed E-state index contributed by atoms with van der Waals surface area (Å²) in [5.74, 6) is 0.0299. The van der Waals surface area contributed by atoms with Crippen LogP contribution in [0.25, 0.3) is 0 Å². The lowest BCUT2D eigenvalue weighted by Crippen LogP contribution is -2.26. The number of nitrogens with zero attached hydrogens (tertiary/aromatic N) is 2. The Bertz CT molecular complexity index is 448. The summed E-state index contributed by atoms with van der Waals surface area (Å²) in [5.41, 5.74) is 1.34. The molecule has 0 aromatic heterocycles. The number of rotatable bonds is 8. The molecular weight excluding hydrogens is 250 g/mol. The van der Waals surface area contributed by atoms with Crippen LogP contribution >= 0.6 is 0 Å². The first-order chi connectivity index (χ1) is 9.69. The third-order valence-corrected chi connectivity index (χ3v) is 3.16. The van der Waals surface area contributed by atoms with E-state index in [1.165, 1.54) is 0 Å². The van der Waals surface area contributed by atoms with Gasteiger partial charge in [-0.2, -0.15) is 5.26 Å². The fourth-order valence-corrected chi connectivity index (χ4v) is 2.06. The molecule has 0 atom stereocenters. The largest absolute Gasteiger partial charge is 0.326 e. The minimum atomic E-state index is 0.0299. The predicted molar refractivity (Wildman–Crippen MR) is 81.4 cm³/mol. The highest BCUT2D eigenvalue weighted by atomic mass is 16.1. The second-order valence-corrected chi connectivity index (χ2v) is 4.78. The van der Waals surface area contributed by atoms with Crippen molar-refractivity contribution in [3.63, 3.8) is 0 Å². The highest BCUT2D eigenvalue weighted by molar-refractivity contribution is 5.90. The summed E-state index contributed by atoms with van der Waals surface area (Å²) in [4.78, 5) is 14.2. The highest BCUT2D eigenvalue weighted by Crippen LogP contribution is 2.09. The van der Waals surface area contributed by atoms with E-state index in [2.05, 4.69) is 30.1 Å². The molecule has 108 valence electrons. The molecule has 1 aromatic carbocycles. The molecule has 4 heteroatoms. The van der Waals surface area contributed by atoms with Crippen molar-refractivity contribution in [3.8, 4) is 6.07 Å². The van der Waals surface area contributed by atoms with Crippen molar-refractivity contribution >= 4 is 11.6 Å². The van der Waals surface area contributed by atoms with Crippen LogP contribution in [0.15, 0.2) is 24.3 Å². The molecule has 20 heavy (non-hydrogen) atoms. The first kappa shape index (κ1) is 16.2. The van der Waals surface area contributed by atoms with E-state index in [9.17, 15) is 4.79 Å². The van der Waals surface area contributed by atoms with Crippen molar-refractivity contribution in [1.82, 2.24) is 4.90 Å². The summed E-state index contributed by atoms with van der Waals surface area (Å²) in [5, 5.41) is 11.6. The second kappa shape index (κ2) is 9.11. The number of anilines is 1. The third kappa shape index (κ3) is 5.85. The van der Waals surface area contributed by atoms with Crippen molar-refractivity contribution in [2.75, 3.05) is 25.0 Å². The van der Waals surface area contributed by atoms with Crippen LogP contribution in [-0.2, 0) is 4.79 Å². The van der Waals surface area contributed by atoms with E-state index in [1.807, 2.05) is 0 Å². The van der Waals surface area contributed by atoms with Crippen molar-refractivity contribution in [3.05, 3.63) is 29.8 Å². The smallest absolute Gasteiger partial charge is 0.224 e. The normalized spacial score (nSPS) is 10.3. The van der Waals surface area contributed by atoms with Gasteiger partial charge in [-0.3, -0.25) is 4.79 Å². The molecule has 0 saturated carbocycles. The summed E-state index contributed by atoms with van der Waals surface area (Å²) in [6.07, 6.45) is 2.54. The summed E-state index contributed by atoms with van der Waals surface area (Å²) in [6.45, 7) is 7.40. The maximum atomic E-state index is 11.8. The Morgan fingerprint density at radius 2 is 1.95 bits per heavy atom. The van der Waals surface area contributed by atoms with Gasteiger partial charge in [-0.25, -0.2) is 0 Å². The Labute approximate surface area is 121 Å². The SMILES string of the molecule is CCCN(CC)CCCC(=O)Nc1ccc(C#N)cc1. The number of carbonyl (C=O) groups is 1. The molecule has 1 aromatic rings. The molecule has 1 N–H and O–H groups in total. The van der Waals surface area contributed by atoms with Crippen LogP contribution in [0.4, 0.5) is 5.69 Å². The molecule has 0 fully saturated rings. The number of hydrogen-bond donors (Lipinski definition) is 1. The van der Waals surface area contributed by atoms with Gasteiger partial charge in [-0.15, -0.1) is 0 Å². The molecule has 4 nitrogen and oxygen atoms in total. The predicted octanol–water partition coefficient (Wildman–Crippen LogP) is 3.01. The van der Waals surface area contributed by atoms with Gasteiger partial charge in [0, 0.05) is 12.1 Å². The van der Waals surface area contributed by atoms with Crippen molar-refractivity contribution in [2.45, 2.75) is 33.1 Å². The van der Waals surface area contributed by atoms with Crippen LogP contribution in [0.3, 0.4) is 0 Å². The molecule has 0 aliphatic heterocycles. The number of amides is 1. The number of benzene rings is 1. The van der Waals surface area contributed by atoms with Gasteiger partial charge in [0.25, 0.3) is 0 Å². The number of nitrogens with one attached hydrogen (secondary N) is 1. The Morgan fingerprint density at radius 3 is 2.50 bits per heavy atom.